The van der Waals surface area contributed by atoms with E-state index in [0.29, 0.717) is 11.1 Å². The zero-order valence-electron chi connectivity index (χ0n) is 17.5. The molecule has 3 aromatic rings. The Hall–Kier alpha value is -5.19. The molecule has 0 fully saturated rings. The summed E-state index contributed by atoms with van der Waals surface area (Å²) in [6.07, 6.45) is 5.49. The number of anilines is 2. The molecule has 0 saturated heterocycles. The van der Waals surface area contributed by atoms with Crippen LogP contribution >= 0.6 is 0 Å². The van der Waals surface area contributed by atoms with Crippen LogP contribution in [0.4, 0.5) is 23.0 Å². The highest BCUT2D eigenvalue weighted by Crippen LogP contribution is 2.15. The number of hydrogen-bond acceptors (Lipinski definition) is 7. The zero-order chi connectivity index (χ0) is 24.5. The molecule has 2 aromatic carbocycles. The number of nitrogens with zero attached hydrogens (tertiary/aromatic N) is 3. The molecule has 1 heterocycles. The highest BCUT2D eigenvalue weighted by atomic mass is 16.6. The van der Waals surface area contributed by atoms with Crippen LogP contribution in [0, 0.1) is 20.2 Å². The first-order chi connectivity index (χ1) is 16.3. The van der Waals surface area contributed by atoms with Gasteiger partial charge in [-0.3, -0.25) is 29.8 Å². The normalized spacial score (nSPS) is 10.8. The average Bonchev–Trinajstić information content (AvgIpc) is 2.82. The summed E-state index contributed by atoms with van der Waals surface area (Å²) >= 11 is 0. The van der Waals surface area contributed by atoms with E-state index in [1.165, 1.54) is 72.8 Å². The van der Waals surface area contributed by atoms with E-state index in [2.05, 4.69) is 15.6 Å². The van der Waals surface area contributed by atoms with Crippen molar-refractivity contribution in [3.63, 3.8) is 0 Å². The van der Waals surface area contributed by atoms with Crippen molar-refractivity contribution in [2.24, 2.45) is 0 Å². The predicted octanol–water partition coefficient (Wildman–Crippen LogP) is 4.20. The molecule has 170 valence electrons. The van der Waals surface area contributed by atoms with Gasteiger partial charge in [0.05, 0.1) is 9.85 Å². The lowest BCUT2D eigenvalue weighted by Gasteiger charge is -2.05. The molecule has 11 nitrogen and oxygen atoms in total. The van der Waals surface area contributed by atoms with Gasteiger partial charge >= 0.3 is 0 Å². The van der Waals surface area contributed by atoms with E-state index in [0.717, 1.165) is 0 Å². The van der Waals surface area contributed by atoms with E-state index in [9.17, 15) is 29.8 Å². The fourth-order valence-corrected chi connectivity index (χ4v) is 2.67. The molecule has 3 rings (SSSR count). The number of benzene rings is 2. The first-order valence-corrected chi connectivity index (χ1v) is 9.74. The van der Waals surface area contributed by atoms with E-state index >= 15 is 0 Å². The molecular formula is C23H17N5O6. The lowest BCUT2D eigenvalue weighted by molar-refractivity contribution is -0.385. The van der Waals surface area contributed by atoms with Crippen molar-refractivity contribution < 1.29 is 19.4 Å². The summed E-state index contributed by atoms with van der Waals surface area (Å²) in [5.74, 6) is -0.550. The van der Waals surface area contributed by atoms with Crippen molar-refractivity contribution in [1.29, 1.82) is 0 Å². The van der Waals surface area contributed by atoms with Crippen LogP contribution in [0.15, 0.2) is 78.9 Å². The Kier molecular flexibility index (Phi) is 7.53. The number of non-ortho nitro benzene ring substituents is 2. The van der Waals surface area contributed by atoms with Crippen molar-refractivity contribution >= 4 is 47.0 Å². The summed E-state index contributed by atoms with van der Waals surface area (Å²) in [6, 6.07) is 16.1. The molecule has 11 heteroatoms. The largest absolute Gasteiger partial charge is 0.307 e. The molecule has 1 aromatic heterocycles. The second kappa shape index (κ2) is 10.9. The summed E-state index contributed by atoms with van der Waals surface area (Å²) in [7, 11) is 0. The maximum atomic E-state index is 12.1. The minimum Gasteiger partial charge on any atom is -0.307 e. The predicted molar refractivity (Wildman–Crippen MR) is 126 cm³/mol. The molecule has 2 amide bonds. The number of nitro benzene ring substituents is 2. The lowest BCUT2D eigenvalue weighted by atomic mass is 10.2. The number of amides is 2. The number of carbonyl (C=O) groups excluding carboxylic acids is 2. The first kappa shape index (κ1) is 23.5. The van der Waals surface area contributed by atoms with E-state index in [4.69, 9.17) is 0 Å². The second-order valence-corrected chi connectivity index (χ2v) is 6.75. The van der Waals surface area contributed by atoms with Gasteiger partial charge in [-0.15, -0.1) is 0 Å². The molecular weight excluding hydrogens is 442 g/mol. The number of nitro groups is 2. The van der Waals surface area contributed by atoms with Gasteiger partial charge < -0.3 is 10.6 Å². The van der Waals surface area contributed by atoms with Crippen LogP contribution in [0.2, 0.25) is 0 Å². The molecule has 0 spiro atoms. The topological polar surface area (TPSA) is 157 Å². The van der Waals surface area contributed by atoms with E-state index in [-0.39, 0.29) is 23.0 Å². The molecule has 0 atom stereocenters. The van der Waals surface area contributed by atoms with Gasteiger partial charge in [0.15, 0.2) is 0 Å². The van der Waals surface area contributed by atoms with Crippen LogP contribution in [0.5, 0.6) is 0 Å². The maximum Gasteiger partial charge on any atom is 0.269 e. The van der Waals surface area contributed by atoms with Gasteiger partial charge in [-0.2, -0.15) is 0 Å². The summed E-state index contributed by atoms with van der Waals surface area (Å²) in [5, 5.41) is 26.5. The van der Waals surface area contributed by atoms with Crippen molar-refractivity contribution in [3.8, 4) is 0 Å². The number of pyridine rings is 1. The standard InChI is InChI=1S/C23H17N5O6/c29-22(14-8-16-4-10-18(11-5-16)27(31)32)25-20-2-1-3-21(24-20)26-23(30)15-9-17-6-12-19(13-7-17)28(33)34/h1-15H,(H2,24,25,26,29,30). The van der Waals surface area contributed by atoms with Crippen molar-refractivity contribution in [1.82, 2.24) is 4.98 Å². The second-order valence-electron chi connectivity index (χ2n) is 6.75. The molecule has 2 N–H and O–H groups in total. The Bertz CT molecular complexity index is 1190. The Morgan fingerprint density at radius 2 is 1.06 bits per heavy atom. The third-order valence-electron chi connectivity index (χ3n) is 4.31. The summed E-state index contributed by atoms with van der Waals surface area (Å²) < 4.78 is 0. The van der Waals surface area contributed by atoms with Crippen molar-refractivity contribution in [3.05, 3.63) is 110 Å². The molecule has 34 heavy (non-hydrogen) atoms. The molecule has 0 radical (unpaired) electrons. The molecule has 0 bridgehead atoms. The van der Waals surface area contributed by atoms with Crippen LogP contribution in [-0.2, 0) is 9.59 Å². The number of aromatic nitrogens is 1. The van der Waals surface area contributed by atoms with Crippen molar-refractivity contribution in [2.45, 2.75) is 0 Å². The molecule has 0 aliphatic heterocycles. The van der Waals surface area contributed by atoms with E-state index < -0.39 is 21.7 Å². The van der Waals surface area contributed by atoms with Gasteiger partial charge in [0.1, 0.15) is 11.6 Å². The van der Waals surface area contributed by atoms with Crippen molar-refractivity contribution in [2.75, 3.05) is 10.6 Å². The zero-order valence-corrected chi connectivity index (χ0v) is 17.5. The third-order valence-corrected chi connectivity index (χ3v) is 4.31. The maximum absolute atomic E-state index is 12.1. The lowest BCUT2D eigenvalue weighted by Crippen LogP contribution is -2.12. The van der Waals surface area contributed by atoms with Gasteiger partial charge in [-0.1, -0.05) is 6.07 Å². The van der Waals surface area contributed by atoms with Gasteiger partial charge in [-0.25, -0.2) is 4.98 Å². The van der Waals surface area contributed by atoms with Crippen LogP contribution in [0.1, 0.15) is 11.1 Å². The number of carbonyl (C=O) groups is 2. The molecule has 0 saturated carbocycles. The minimum absolute atomic E-state index is 0.0488. The van der Waals surface area contributed by atoms with Gasteiger partial charge in [0.2, 0.25) is 11.8 Å². The summed E-state index contributed by atoms with van der Waals surface area (Å²) in [4.78, 5) is 48.7. The van der Waals surface area contributed by atoms with Gasteiger partial charge in [0.25, 0.3) is 11.4 Å². The van der Waals surface area contributed by atoms with Crippen LogP contribution < -0.4 is 10.6 Å². The first-order valence-electron chi connectivity index (χ1n) is 9.74. The molecule has 0 aliphatic rings. The SMILES string of the molecule is O=C(C=Cc1ccc([N+](=O)[O-])cc1)Nc1cccc(NC(=O)C=Cc2ccc([N+](=O)[O-])cc2)n1. The molecule has 0 unspecified atom stereocenters. The number of hydrogen-bond donors (Lipinski definition) is 2. The Morgan fingerprint density at radius 1 is 0.676 bits per heavy atom. The fraction of sp³-hybridized carbons (Fsp3) is 0. The van der Waals surface area contributed by atoms with Crippen LogP contribution in [0.25, 0.3) is 12.2 Å². The monoisotopic (exact) mass is 459 g/mol. The fourth-order valence-electron chi connectivity index (χ4n) is 2.67. The molecule has 0 aliphatic carbocycles. The van der Waals surface area contributed by atoms with Gasteiger partial charge in [-0.05, 0) is 59.7 Å². The van der Waals surface area contributed by atoms with E-state index in [1.807, 2.05) is 0 Å². The average molecular weight is 459 g/mol. The summed E-state index contributed by atoms with van der Waals surface area (Å²) in [5.41, 5.74) is 1.11. The van der Waals surface area contributed by atoms with Gasteiger partial charge in [0, 0.05) is 36.4 Å². The highest BCUT2D eigenvalue weighted by Gasteiger charge is 2.06. The summed E-state index contributed by atoms with van der Waals surface area (Å²) in [6.45, 7) is 0. The van der Waals surface area contributed by atoms with Crippen LogP contribution in [0.3, 0.4) is 0 Å². The number of rotatable bonds is 8. The Morgan fingerprint density at radius 3 is 1.41 bits per heavy atom. The minimum atomic E-state index is -0.511. The number of nitrogens with one attached hydrogen (secondary N) is 2. The third kappa shape index (κ3) is 6.92. The Labute approximate surface area is 192 Å². The van der Waals surface area contributed by atoms with E-state index in [1.54, 1.807) is 18.2 Å². The smallest absolute Gasteiger partial charge is 0.269 e. The Balaban J connectivity index is 1.56. The van der Waals surface area contributed by atoms with Crippen LogP contribution in [-0.4, -0.2) is 26.6 Å². The quantitative estimate of drug-likeness (QED) is 0.290. The highest BCUT2D eigenvalue weighted by molar-refractivity contribution is 6.03.